The summed E-state index contributed by atoms with van der Waals surface area (Å²) in [5, 5.41) is 0.985. The molecule has 2 N–H and O–H groups in total. The highest BCUT2D eigenvalue weighted by atomic mass is 32.1. The molecule has 0 unspecified atom stereocenters. The summed E-state index contributed by atoms with van der Waals surface area (Å²) in [6, 6.07) is 22.5. The van der Waals surface area contributed by atoms with Gasteiger partial charge in [0.1, 0.15) is 5.01 Å². The van der Waals surface area contributed by atoms with Crippen LogP contribution in [0.2, 0.25) is 0 Å². The Balaban J connectivity index is 1.90. The van der Waals surface area contributed by atoms with Crippen LogP contribution in [-0.2, 0) is 0 Å². The molecule has 0 fully saturated rings. The van der Waals surface area contributed by atoms with Crippen LogP contribution in [0.5, 0.6) is 0 Å². The molecule has 0 aliphatic rings. The lowest BCUT2D eigenvalue weighted by Gasteiger charge is -2.02. The molecule has 4 heteroatoms. The maximum absolute atomic E-state index is 5.85. The fraction of sp³-hybridized carbons (Fsp3) is 0. The summed E-state index contributed by atoms with van der Waals surface area (Å²) in [6.07, 6.45) is 0. The number of hydrogen-bond acceptors (Lipinski definition) is 4. The van der Waals surface area contributed by atoms with Gasteiger partial charge in [-0.2, -0.15) is 0 Å². The molecule has 0 amide bonds. The molecule has 23 heavy (non-hydrogen) atoms. The van der Waals surface area contributed by atoms with Crippen molar-refractivity contribution in [3.8, 4) is 21.7 Å². The minimum Gasteiger partial charge on any atom is -0.398 e. The first kappa shape index (κ1) is 14.3. The second-order valence-corrected chi connectivity index (χ2v) is 6.82. The SMILES string of the molecule is Nc1ccc(-c2nc3c(-c4ccccc4)cccc3s2)cc1S. The van der Waals surface area contributed by atoms with Crippen LogP contribution in [-0.4, -0.2) is 4.98 Å². The first-order valence-corrected chi connectivity index (χ1v) is 8.52. The van der Waals surface area contributed by atoms with E-state index in [1.54, 1.807) is 11.3 Å². The van der Waals surface area contributed by atoms with Crippen LogP contribution in [0, 0.1) is 0 Å². The number of thiol groups is 1. The predicted octanol–water partition coefficient (Wildman–Crippen LogP) is 5.50. The molecule has 3 aromatic carbocycles. The highest BCUT2D eigenvalue weighted by Gasteiger charge is 2.11. The maximum atomic E-state index is 5.85. The smallest absolute Gasteiger partial charge is 0.124 e. The van der Waals surface area contributed by atoms with Gasteiger partial charge in [-0.3, -0.25) is 0 Å². The summed E-state index contributed by atoms with van der Waals surface area (Å²) < 4.78 is 1.18. The zero-order valence-corrected chi connectivity index (χ0v) is 13.9. The third-order valence-electron chi connectivity index (χ3n) is 3.78. The number of anilines is 1. The van der Waals surface area contributed by atoms with Gasteiger partial charge in [0.25, 0.3) is 0 Å². The van der Waals surface area contributed by atoms with E-state index in [4.69, 9.17) is 10.7 Å². The maximum Gasteiger partial charge on any atom is 0.124 e. The van der Waals surface area contributed by atoms with Crippen molar-refractivity contribution in [3.63, 3.8) is 0 Å². The summed E-state index contributed by atoms with van der Waals surface area (Å²) in [5.41, 5.74) is 11.0. The Labute approximate surface area is 144 Å². The number of aromatic nitrogens is 1. The third-order valence-corrected chi connectivity index (χ3v) is 5.24. The molecule has 0 saturated heterocycles. The normalized spacial score (nSPS) is 11.0. The third kappa shape index (κ3) is 2.60. The zero-order chi connectivity index (χ0) is 15.8. The van der Waals surface area contributed by atoms with Crippen molar-refractivity contribution in [2.24, 2.45) is 0 Å². The summed E-state index contributed by atoms with van der Waals surface area (Å²) in [4.78, 5) is 5.66. The van der Waals surface area contributed by atoms with Crippen molar-refractivity contribution in [2.75, 3.05) is 5.73 Å². The van der Waals surface area contributed by atoms with Crippen LogP contribution in [0.1, 0.15) is 0 Å². The van der Waals surface area contributed by atoms with Crippen molar-refractivity contribution in [1.29, 1.82) is 0 Å². The van der Waals surface area contributed by atoms with E-state index < -0.39 is 0 Å². The summed E-state index contributed by atoms with van der Waals surface area (Å²) in [6.45, 7) is 0. The van der Waals surface area contributed by atoms with Crippen molar-refractivity contribution in [3.05, 3.63) is 66.7 Å². The van der Waals surface area contributed by atoms with Crippen LogP contribution < -0.4 is 5.73 Å². The number of benzene rings is 3. The second kappa shape index (κ2) is 5.72. The largest absolute Gasteiger partial charge is 0.398 e. The van der Waals surface area contributed by atoms with Gasteiger partial charge in [0.2, 0.25) is 0 Å². The van der Waals surface area contributed by atoms with Gasteiger partial charge in [-0.05, 0) is 29.8 Å². The Kier molecular flexibility index (Phi) is 3.56. The average Bonchev–Trinajstić information content (AvgIpc) is 3.02. The number of rotatable bonds is 2. The Morgan fingerprint density at radius 2 is 1.70 bits per heavy atom. The van der Waals surface area contributed by atoms with E-state index in [0.29, 0.717) is 5.69 Å². The van der Waals surface area contributed by atoms with E-state index in [0.717, 1.165) is 26.5 Å². The topological polar surface area (TPSA) is 38.9 Å². The van der Waals surface area contributed by atoms with E-state index in [1.165, 1.54) is 10.3 Å². The quantitative estimate of drug-likeness (QED) is 0.375. The van der Waals surface area contributed by atoms with E-state index in [2.05, 4.69) is 55.1 Å². The predicted molar refractivity (Wildman–Crippen MR) is 102 cm³/mol. The van der Waals surface area contributed by atoms with Gasteiger partial charge in [0.15, 0.2) is 0 Å². The molecule has 112 valence electrons. The molecule has 0 radical (unpaired) electrons. The first-order chi connectivity index (χ1) is 11.2. The van der Waals surface area contributed by atoms with Crippen molar-refractivity contribution in [2.45, 2.75) is 4.90 Å². The number of thiazole rings is 1. The molecule has 0 aliphatic carbocycles. The number of nitrogens with two attached hydrogens (primary N) is 1. The number of fused-ring (bicyclic) bond motifs is 1. The van der Waals surface area contributed by atoms with Gasteiger partial charge in [-0.1, -0.05) is 42.5 Å². The average molecular weight is 334 g/mol. The number of para-hydroxylation sites is 1. The molecule has 4 aromatic rings. The molecule has 0 saturated carbocycles. The number of hydrogen-bond donors (Lipinski definition) is 2. The zero-order valence-electron chi connectivity index (χ0n) is 12.2. The minimum absolute atomic E-state index is 0.683. The van der Waals surface area contributed by atoms with Gasteiger partial charge in [-0.25, -0.2) is 4.98 Å². The summed E-state index contributed by atoms with van der Waals surface area (Å²) >= 11 is 6.10. The molecule has 2 nitrogen and oxygen atoms in total. The molecular formula is C19H14N2S2. The van der Waals surface area contributed by atoms with Gasteiger partial charge in [0.05, 0.1) is 10.2 Å². The lowest BCUT2D eigenvalue weighted by molar-refractivity contribution is 1.43. The van der Waals surface area contributed by atoms with E-state index in [1.807, 2.05) is 24.3 Å². The Morgan fingerprint density at radius 3 is 2.48 bits per heavy atom. The fourth-order valence-electron chi connectivity index (χ4n) is 2.60. The molecule has 0 atom stereocenters. The molecule has 0 aliphatic heterocycles. The first-order valence-electron chi connectivity index (χ1n) is 7.26. The van der Waals surface area contributed by atoms with Gasteiger partial charge >= 0.3 is 0 Å². The molecule has 4 rings (SSSR count). The molecular weight excluding hydrogens is 320 g/mol. The summed E-state index contributed by atoms with van der Waals surface area (Å²) in [5.74, 6) is 0. The van der Waals surface area contributed by atoms with E-state index >= 15 is 0 Å². The molecule has 0 spiro atoms. The van der Waals surface area contributed by atoms with Crippen molar-refractivity contribution >= 4 is 39.9 Å². The Morgan fingerprint density at radius 1 is 0.870 bits per heavy atom. The van der Waals surface area contributed by atoms with Gasteiger partial charge in [-0.15, -0.1) is 24.0 Å². The highest BCUT2D eigenvalue weighted by molar-refractivity contribution is 7.80. The lowest BCUT2D eigenvalue weighted by Crippen LogP contribution is -1.87. The Hall–Kier alpha value is -2.30. The standard InChI is InChI=1S/C19H14N2S2/c20-15-10-9-13(11-16(15)22)19-21-18-14(7-4-8-17(18)23-19)12-5-2-1-3-6-12/h1-11,22H,20H2. The van der Waals surface area contributed by atoms with Crippen molar-refractivity contribution < 1.29 is 0 Å². The lowest BCUT2D eigenvalue weighted by atomic mass is 10.0. The number of nitrogens with zero attached hydrogens (tertiary/aromatic N) is 1. The van der Waals surface area contributed by atoms with E-state index in [9.17, 15) is 0 Å². The highest BCUT2D eigenvalue weighted by Crippen LogP contribution is 2.36. The van der Waals surface area contributed by atoms with Crippen LogP contribution in [0.25, 0.3) is 31.9 Å². The molecule has 1 aromatic heterocycles. The van der Waals surface area contributed by atoms with Gasteiger partial charge < -0.3 is 5.73 Å². The van der Waals surface area contributed by atoms with E-state index in [-0.39, 0.29) is 0 Å². The van der Waals surface area contributed by atoms with Crippen LogP contribution in [0.15, 0.2) is 71.6 Å². The summed E-state index contributed by atoms with van der Waals surface area (Å²) in [7, 11) is 0. The van der Waals surface area contributed by atoms with Crippen LogP contribution in [0.4, 0.5) is 5.69 Å². The monoisotopic (exact) mass is 334 g/mol. The minimum atomic E-state index is 0.683. The van der Waals surface area contributed by atoms with Gasteiger partial charge in [0, 0.05) is 21.7 Å². The number of nitrogen functional groups attached to an aromatic ring is 1. The second-order valence-electron chi connectivity index (χ2n) is 5.31. The van der Waals surface area contributed by atoms with Crippen LogP contribution >= 0.6 is 24.0 Å². The van der Waals surface area contributed by atoms with Crippen LogP contribution in [0.3, 0.4) is 0 Å². The molecule has 1 heterocycles. The Bertz CT molecular complexity index is 991. The van der Waals surface area contributed by atoms with Crippen molar-refractivity contribution in [1.82, 2.24) is 4.98 Å². The fourth-order valence-corrected chi connectivity index (χ4v) is 3.80. The molecule has 0 bridgehead atoms.